The van der Waals surface area contributed by atoms with Gasteiger partial charge in [-0.15, -0.1) is 0 Å². The van der Waals surface area contributed by atoms with Gasteiger partial charge in [-0.3, -0.25) is 4.31 Å². The van der Waals surface area contributed by atoms with Crippen LogP contribution in [0.1, 0.15) is 0 Å². The van der Waals surface area contributed by atoms with E-state index in [1.807, 2.05) is 0 Å². The first-order chi connectivity index (χ1) is 7.40. The second-order valence-electron chi connectivity index (χ2n) is 3.36. The number of methoxy groups -OCH3 is 1. The highest BCUT2D eigenvalue weighted by atomic mass is 32.2. The van der Waals surface area contributed by atoms with Crippen LogP contribution in [0.25, 0.3) is 0 Å². The SMILES string of the molecule is CNc1ccc(OC)cc1N(C)S(C)(=O)=O. The summed E-state index contributed by atoms with van der Waals surface area (Å²) in [4.78, 5) is 0. The standard InChI is InChI=1S/C10H16N2O3S/c1-11-9-6-5-8(15-3)7-10(9)12(2)16(4,13)14/h5-7,11H,1-4H3. The van der Waals surface area contributed by atoms with Gasteiger partial charge < -0.3 is 10.1 Å². The summed E-state index contributed by atoms with van der Waals surface area (Å²) in [5.74, 6) is 0.615. The number of hydrogen-bond acceptors (Lipinski definition) is 4. The van der Waals surface area contributed by atoms with E-state index in [1.54, 1.807) is 32.4 Å². The number of ether oxygens (including phenoxy) is 1. The molecule has 0 amide bonds. The van der Waals surface area contributed by atoms with Gasteiger partial charge in [0.05, 0.1) is 24.7 Å². The lowest BCUT2D eigenvalue weighted by molar-refractivity contribution is 0.415. The molecule has 0 bridgehead atoms. The second-order valence-corrected chi connectivity index (χ2v) is 5.38. The zero-order chi connectivity index (χ0) is 12.3. The maximum atomic E-state index is 11.5. The summed E-state index contributed by atoms with van der Waals surface area (Å²) in [5, 5.41) is 2.94. The lowest BCUT2D eigenvalue weighted by atomic mass is 10.2. The van der Waals surface area contributed by atoms with Gasteiger partial charge in [0.1, 0.15) is 5.75 Å². The Morgan fingerprint density at radius 3 is 2.44 bits per heavy atom. The van der Waals surface area contributed by atoms with Crippen molar-refractivity contribution in [3.8, 4) is 5.75 Å². The number of hydrogen-bond donors (Lipinski definition) is 1. The minimum absolute atomic E-state index is 0.560. The molecule has 0 saturated carbocycles. The normalized spacial score (nSPS) is 11.0. The zero-order valence-electron chi connectivity index (χ0n) is 9.81. The molecule has 1 N–H and O–H groups in total. The van der Waals surface area contributed by atoms with Crippen molar-refractivity contribution in [2.45, 2.75) is 0 Å². The number of anilines is 2. The van der Waals surface area contributed by atoms with E-state index in [4.69, 9.17) is 4.74 Å². The van der Waals surface area contributed by atoms with Gasteiger partial charge in [0.25, 0.3) is 0 Å². The fourth-order valence-corrected chi connectivity index (χ4v) is 1.80. The van der Waals surface area contributed by atoms with Crippen LogP contribution in [-0.2, 0) is 10.0 Å². The Hall–Kier alpha value is -1.43. The average Bonchev–Trinajstić information content (AvgIpc) is 2.25. The van der Waals surface area contributed by atoms with Gasteiger partial charge in [0, 0.05) is 20.2 Å². The molecule has 16 heavy (non-hydrogen) atoms. The van der Waals surface area contributed by atoms with Crippen LogP contribution in [0.2, 0.25) is 0 Å². The zero-order valence-corrected chi connectivity index (χ0v) is 10.6. The molecule has 6 heteroatoms. The van der Waals surface area contributed by atoms with Gasteiger partial charge in [-0.05, 0) is 12.1 Å². The number of nitrogens with zero attached hydrogens (tertiary/aromatic N) is 1. The Labute approximate surface area is 96.1 Å². The van der Waals surface area contributed by atoms with Crippen LogP contribution in [0.15, 0.2) is 18.2 Å². The van der Waals surface area contributed by atoms with E-state index in [9.17, 15) is 8.42 Å². The van der Waals surface area contributed by atoms with Crippen molar-refractivity contribution in [2.75, 3.05) is 37.1 Å². The van der Waals surface area contributed by atoms with E-state index in [-0.39, 0.29) is 0 Å². The van der Waals surface area contributed by atoms with Crippen LogP contribution < -0.4 is 14.4 Å². The smallest absolute Gasteiger partial charge is 0.232 e. The molecular formula is C10H16N2O3S. The molecule has 0 aliphatic rings. The molecule has 0 atom stereocenters. The summed E-state index contributed by atoms with van der Waals surface area (Å²) >= 11 is 0. The maximum absolute atomic E-state index is 11.5. The molecule has 0 aliphatic heterocycles. The van der Waals surface area contributed by atoms with Crippen molar-refractivity contribution >= 4 is 21.4 Å². The molecule has 0 aliphatic carbocycles. The van der Waals surface area contributed by atoms with E-state index < -0.39 is 10.0 Å². The van der Waals surface area contributed by atoms with Crippen LogP contribution in [-0.4, -0.2) is 35.9 Å². The van der Waals surface area contributed by atoms with Crippen molar-refractivity contribution < 1.29 is 13.2 Å². The first kappa shape index (κ1) is 12.6. The van der Waals surface area contributed by atoms with Crippen molar-refractivity contribution in [1.82, 2.24) is 0 Å². The topological polar surface area (TPSA) is 58.6 Å². The molecule has 0 spiro atoms. The van der Waals surface area contributed by atoms with E-state index in [1.165, 1.54) is 11.4 Å². The van der Waals surface area contributed by atoms with Crippen LogP contribution in [0, 0.1) is 0 Å². The number of rotatable bonds is 4. The average molecular weight is 244 g/mol. The second kappa shape index (κ2) is 4.61. The third-order valence-corrected chi connectivity index (χ3v) is 3.50. The van der Waals surface area contributed by atoms with Gasteiger partial charge in [0.15, 0.2) is 0 Å². The molecule has 0 aromatic heterocycles. The first-order valence-electron chi connectivity index (χ1n) is 4.70. The highest BCUT2D eigenvalue weighted by Crippen LogP contribution is 2.30. The molecule has 5 nitrogen and oxygen atoms in total. The Morgan fingerprint density at radius 2 is 2.00 bits per heavy atom. The quantitative estimate of drug-likeness (QED) is 0.862. The van der Waals surface area contributed by atoms with Crippen molar-refractivity contribution in [2.24, 2.45) is 0 Å². The summed E-state index contributed by atoms with van der Waals surface area (Å²) in [7, 11) is 1.51. The molecule has 90 valence electrons. The predicted octanol–water partition coefficient (Wildman–Crippen LogP) is 1.13. The van der Waals surface area contributed by atoms with Gasteiger partial charge in [0.2, 0.25) is 10.0 Å². The summed E-state index contributed by atoms with van der Waals surface area (Å²) in [6.07, 6.45) is 1.16. The molecular weight excluding hydrogens is 228 g/mol. The molecule has 0 saturated heterocycles. The molecule has 1 aromatic carbocycles. The first-order valence-corrected chi connectivity index (χ1v) is 6.54. The highest BCUT2D eigenvalue weighted by molar-refractivity contribution is 7.92. The third kappa shape index (κ3) is 2.57. The largest absolute Gasteiger partial charge is 0.497 e. The van der Waals surface area contributed by atoms with Gasteiger partial charge >= 0.3 is 0 Å². The molecule has 1 aromatic rings. The summed E-state index contributed by atoms with van der Waals surface area (Å²) in [6, 6.07) is 5.22. The summed E-state index contributed by atoms with van der Waals surface area (Å²) in [6.45, 7) is 0. The van der Waals surface area contributed by atoms with E-state index >= 15 is 0 Å². The van der Waals surface area contributed by atoms with Crippen molar-refractivity contribution in [1.29, 1.82) is 0 Å². The van der Waals surface area contributed by atoms with Gasteiger partial charge in [-0.2, -0.15) is 0 Å². The molecule has 0 radical (unpaired) electrons. The van der Waals surface area contributed by atoms with Crippen LogP contribution in [0.4, 0.5) is 11.4 Å². The lowest BCUT2D eigenvalue weighted by Crippen LogP contribution is -2.25. The van der Waals surface area contributed by atoms with Crippen LogP contribution in [0.3, 0.4) is 0 Å². The molecule has 1 rings (SSSR count). The van der Waals surface area contributed by atoms with Crippen LogP contribution in [0.5, 0.6) is 5.75 Å². The summed E-state index contributed by atoms with van der Waals surface area (Å²) < 4.78 is 29.2. The Bertz CT molecular complexity index is 471. The minimum Gasteiger partial charge on any atom is -0.497 e. The molecule has 0 heterocycles. The summed E-state index contributed by atoms with van der Waals surface area (Å²) in [5.41, 5.74) is 1.29. The number of nitrogens with one attached hydrogen (secondary N) is 1. The Balaban J connectivity index is 3.29. The Morgan fingerprint density at radius 1 is 1.38 bits per heavy atom. The van der Waals surface area contributed by atoms with E-state index in [2.05, 4.69) is 5.32 Å². The predicted molar refractivity (Wildman–Crippen MR) is 65.8 cm³/mol. The van der Waals surface area contributed by atoms with Crippen molar-refractivity contribution in [3.05, 3.63) is 18.2 Å². The highest BCUT2D eigenvalue weighted by Gasteiger charge is 2.16. The number of benzene rings is 1. The van der Waals surface area contributed by atoms with Gasteiger partial charge in [-0.25, -0.2) is 8.42 Å². The third-order valence-electron chi connectivity index (χ3n) is 2.31. The number of sulfonamides is 1. The molecule has 0 unspecified atom stereocenters. The lowest BCUT2D eigenvalue weighted by Gasteiger charge is -2.20. The monoisotopic (exact) mass is 244 g/mol. The van der Waals surface area contributed by atoms with Gasteiger partial charge in [-0.1, -0.05) is 0 Å². The maximum Gasteiger partial charge on any atom is 0.232 e. The fraction of sp³-hybridized carbons (Fsp3) is 0.400. The van der Waals surface area contributed by atoms with E-state index in [0.29, 0.717) is 11.4 Å². The minimum atomic E-state index is -3.28. The van der Waals surface area contributed by atoms with Crippen LogP contribution >= 0.6 is 0 Å². The Kier molecular flexibility index (Phi) is 3.64. The van der Waals surface area contributed by atoms with E-state index in [0.717, 1.165) is 11.9 Å². The molecule has 0 fully saturated rings. The van der Waals surface area contributed by atoms with Crippen molar-refractivity contribution in [3.63, 3.8) is 0 Å². The fourth-order valence-electron chi connectivity index (χ4n) is 1.29.